The standard InChI is InChI=1S/C16H12N2O3S/c17-14-10-15(12-8-4-5-9-13(12)16(14)19)18-22(20,21)11-6-2-1-3-7-11/h1-10H,17H2. The van der Waals surface area contributed by atoms with E-state index in [9.17, 15) is 13.2 Å². The number of rotatable bonds is 2. The van der Waals surface area contributed by atoms with E-state index in [0.717, 1.165) is 0 Å². The van der Waals surface area contributed by atoms with Crippen LogP contribution in [0, 0.1) is 0 Å². The lowest BCUT2D eigenvalue weighted by molar-refractivity contribution is 0.103. The van der Waals surface area contributed by atoms with Gasteiger partial charge in [0.25, 0.3) is 10.0 Å². The van der Waals surface area contributed by atoms with Crippen LogP contribution in [0.4, 0.5) is 0 Å². The molecular formula is C16H12N2O3S. The minimum atomic E-state index is -3.87. The first-order valence-corrected chi connectivity index (χ1v) is 7.94. The van der Waals surface area contributed by atoms with Crippen LogP contribution >= 0.6 is 0 Å². The number of hydrogen-bond acceptors (Lipinski definition) is 4. The molecule has 1 aliphatic rings. The topological polar surface area (TPSA) is 89.6 Å². The maximum absolute atomic E-state index is 12.4. The van der Waals surface area contributed by atoms with Crippen LogP contribution in [-0.4, -0.2) is 19.9 Å². The molecule has 3 rings (SSSR count). The zero-order valence-corrected chi connectivity index (χ0v) is 12.2. The van der Waals surface area contributed by atoms with Crippen LogP contribution < -0.4 is 5.73 Å². The number of benzene rings is 2. The predicted molar refractivity (Wildman–Crippen MR) is 83.2 cm³/mol. The summed E-state index contributed by atoms with van der Waals surface area (Å²) in [7, 11) is -3.87. The average Bonchev–Trinajstić information content (AvgIpc) is 2.53. The van der Waals surface area contributed by atoms with Crippen molar-refractivity contribution in [1.82, 2.24) is 0 Å². The Balaban J connectivity index is 2.18. The van der Waals surface area contributed by atoms with Crippen LogP contribution in [-0.2, 0) is 10.0 Å². The fourth-order valence-electron chi connectivity index (χ4n) is 2.20. The van der Waals surface area contributed by atoms with Gasteiger partial charge in [0.2, 0.25) is 5.78 Å². The van der Waals surface area contributed by atoms with Gasteiger partial charge in [-0.25, -0.2) is 0 Å². The minimum Gasteiger partial charge on any atom is -0.395 e. The summed E-state index contributed by atoms with van der Waals surface area (Å²) in [5, 5.41) is 0. The number of Topliss-reactive ketones (excluding diaryl/α,β-unsaturated/α-hetero) is 1. The Kier molecular flexibility index (Phi) is 3.38. The Morgan fingerprint density at radius 1 is 0.864 bits per heavy atom. The predicted octanol–water partition coefficient (Wildman–Crippen LogP) is 1.90. The highest BCUT2D eigenvalue weighted by molar-refractivity contribution is 7.90. The van der Waals surface area contributed by atoms with Gasteiger partial charge < -0.3 is 5.73 Å². The van der Waals surface area contributed by atoms with Crippen LogP contribution in [0.2, 0.25) is 0 Å². The highest BCUT2D eigenvalue weighted by Gasteiger charge is 2.24. The van der Waals surface area contributed by atoms with Crippen molar-refractivity contribution in [3.05, 3.63) is 77.5 Å². The van der Waals surface area contributed by atoms with E-state index in [1.807, 2.05) is 0 Å². The van der Waals surface area contributed by atoms with Crippen LogP contribution in [0.1, 0.15) is 15.9 Å². The zero-order valence-electron chi connectivity index (χ0n) is 11.4. The van der Waals surface area contributed by atoms with Gasteiger partial charge in [-0.1, -0.05) is 42.5 Å². The molecule has 2 aromatic rings. The van der Waals surface area contributed by atoms with E-state index in [-0.39, 0.29) is 22.1 Å². The summed E-state index contributed by atoms with van der Waals surface area (Å²) in [5.41, 5.74) is 6.62. The molecular weight excluding hydrogens is 300 g/mol. The van der Waals surface area contributed by atoms with Gasteiger partial charge >= 0.3 is 0 Å². The van der Waals surface area contributed by atoms with Crippen LogP contribution in [0.15, 0.2) is 75.7 Å². The first-order chi connectivity index (χ1) is 10.5. The number of nitrogens with two attached hydrogens (primary N) is 1. The molecule has 0 saturated carbocycles. The van der Waals surface area contributed by atoms with E-state index in [1.165, 1.54) is 18.2 Å². The maximum atomic E-state index is 12.4. The molecule has 0 fully saturated rings. The summed E-state index contributed by atoms with van der Waals surface area (Å²) < 4.78 is 28.6. The molecule has 0 saturated heterocycles. The molecule has 1 aliphatic carbocycles. The summed E-state index contributed by atoms with van der Waals surface area (Å²) in [4.78, 5) is 12.1. The fraction of sp³-hybridized carbons (Fsp3) is 0. The fourth-order valence-corrected chi connectivity index (χ4v) is 3.22. The first-order valence-electron chi connectivity index (χ1n) is 6.50. The summed E-state index contributed by atoms with van der Waals surface area (Å²) in [6.07, 6.45) is 1.30. The number of sulfonamides is 1. The van der Waals surface area contributed by atoms with Gasteiger partial charge in [-0.2, -0.15) is 12.8 Å². The molecule has 22 heavy (non-hydrogen) atoms. The molecule has 0 radical (unpaired) electrons. The average molecular weight is 312 g/mol. The van der Waals surface area contributed by atoms with Crippen molar-refractivity contribution in [2.75, 3.05) is 0 Å². The van der Waals surface area contributed by atoms with Crippen molar-refractivity contribution in [3.8, 4) is 0 Å². The number of carbonyl (C=O) groups excluding carboxylic acids is 1. The summed E-state index contributed by atoms with van der Waals surface area (Å²) in [5.74, 6) is -0.327. The van der Waals surface area contributed by atoms with E-state index >= 15 is 0 Å². The van der Waals surface area contributed by atoms with Crippen molar-refractivity contribution < 1.29 is 13.2 Å². The van der Waals surface area contributed by atoms with Crippen molar-refractivity contribution in [2.45, 2.75) is 4.90 Å². The van der Waals surface area contributed by atoms with Crippen LogP contribution in [0.3, 0.4) is 0 Å². The van der Waals surface area contributed by atoms with E-state index in [0.29, 0.717) is 11.1 Å². The first kappa shape index (κ1) is 14.2. The molecule has 0 heterocycles. The number of fused-ring (bicyclic) bond motifs is 1. The molecule has 2 N–H and O–H groups in total. The third-order valence-electron chi connectivity index (χ3n) is 3.26. The lowest BCUT2D eigenvalue weighted by Gasteiger charge is -2.14. The van der Waals surface area contributed by atoms with Crippen LogP contribution in [0.5, 0.6) is 0 Å². The van der Waals surface area contributed by atoms with E-state index < -0.39 is 10.0 Å². The highest BCUT2D eigenvalue weighted by atomic mass is 32.2. The summed E-state index contributed by atoms with van der Waals surface area (Å²) in [6.45, 7) is 0. The van der Waals surface area contributed by atoms with E-state index in [2.05, 4.69) is 4.40 Å². The quantitative estimate of drug-likeness (QED) is 0.917. The van der Waals surface area contributed by atoms with Gasteiger partial charge in [0.15, 0.2) is 0 Å². The monoisotopic (exact) mass is 312 g/mol. The highest BCUT2D eigenvalue weighted by Crippen LogP contribution is 2.21. The van der Waals surface area contributed by atoms with Crippen LogP contribution in [0.25, 0.3) is 0 Å². The van der Waals surface area contributed by atoms with Gasteiger partial charge in [-0.05, 0) is 18.2 Å². The molecule has 0 atom stereocenters. The summed E-state index contributed by atoms with van der Waals surface area (Å²) in [6, 6.07) is 14.5. The molecule has 110 valence electrons. The second-order valence-electron chi connectivity index (χ2n) is 4.74. The molecule has 5 nitrogen and oxygen atoms in total. The Hall–Kier alpha value is -2.73. The van der Waals surface area contributed by atoms with Gasteiger partial charge in [0, 0.05) is 11.1 Å². The van der Waals surface area contributed by atoms with Crippen molar-refractivity contribution in [2.24, 2.45) is 10.1 Å². The van der Waals surface area contributed by atoms with Crippen molar-refractivity contribution >= 4 is 21.5 Å². The van der Waals surface area contributed by atoms with Crippen molar-refractivity contribution in [3.63, 3.8) is 0 Å². The van der Waals surface area contributed by atoms with Gasteiger partial charge in [0.1, 0.15) is 0 Å². The second-order valence-corrected chi connectivity index (χ2v) is 6.34. The van der Waals surface area contributed by atoms with E-state index in [4.69, 9.17) is 5.73 Å². The van der Waals surface area contributed by atoms with Gasteiger partial charge in [0.05, 0.1) is 16.3 Å². The zero-order chi connectivity index (χ0) is 15.7. The number of nitrogens with zero attached hydrogens (tertiary/aromatic N) is 1. The Morgan fingerprint density at radius 3 is 2.14 bits per heavy atom. The normalized spacial score (nSPS) is 16.3. The molecule has 0 unspecified atom stereocenters. The smallest absolute Gasteiger partial charge is 0.282 e. The molecule has 0 amide bonds. The third kappa shape index (κ3) is 2.44. The largest absolute Gasteiger partial charge is 0.395 e. The second kappa shape index (κ2) is 5.23. The van der Waals surface area contributed by atoms with Gasteiger partial charge in [-0.3, -0.25) is 4.79 Å². The third-order valence-corrected chi connectivity index (χ3v) is 4.57. The number of hydrogen-bond donors (Lipinski definition) is 1. The van der Waals surface area contributed by atoms with E-state index in [1.54, 1.807) is 42.5 Å². The Morgan fingerprint density at radius 2 is 1.45 bits per heavy atom. The SMILES string of the molecule is NC1=CC(=NS(=O)(=O)c2ccccc2)c2ccccc2C1=O. The molecule has 6 heteroatoms. The number of allylic oxidation sites excluding steroid dienone is 2. The number of ketones is 1. The number of carbonyl (C=O) groups is 1. The lowest BCUT2D eigenvalue weighted by atomic mass is 9.93. The maximum Gasteiger partial charge on any atom is 0.282 e. The molecule has 2 aromatic carbocycles. The van der Waals surface area contributed by atoms with Crippen molar-refractivity contribution in [1.29, 1.82) is 0 Å². The van der Waals surface area contributed by atoms with Gasteiger partial charge in [-0.15, -0.1) is 0 Å². The Labute approximate surface area is 127 Å². The lowest BCUT2D eigenvalue weighted by Crippen LogP contribution is -2.22. The molecule has 0 aliphatic heterocycles. The Bertz CT molecular complexity index is 913. The molecule has 0 aromatic heterocycles. The minimum absolute atomic E-state index is 0.0271. The molecule has 0 bridgehead atoms. The molecule has 0 spiro atoms. The summed E-state index contributed by atoms with van der Waals surface area (Å²) >= 11 is 0.